The summed E-state index contributed by atoms with van der Waals surface area (Å²) >= 11 is 0. The fourth-order valence-corrected chi connectivity index (χ4v) is 2.92. The van der Waals surface area contributed by atoms with Gasteiger partial charge in [-0.3, -0.25) is 4.79 Å². The van der Waals surface area contributed by atoms with Crippen LogP contribution in [0.5, 0.6) is 0 Å². The fourth-order valence-electron chi connectivity index (χ4n) is 2.92. The molecular weight excluding hydrogens is 206 g/mol. The Morgan fingerprint density at radius 2 is 2.50 bits per heavy atom. The maximum atomic E-state index is 11.1. The number of carboxylic acids is 1. The van der Waals surface area contributed by atoms with E-state index < -0.39 is 5.97 Å². The summed E-state index contributed by atoms with van der Waals surface area (Å²) in [5.41, 5.74) is 0.812. The van der Waals surface area contributed by atoms with Gasteiger partial charge in [-0.05, 0) is 18.9 Å². The molecule has 0 aromatic carbocycles. The lowest BCUT2D eigenvalue weighted by atomic mass is 9.51. The second kappa shape index (κ2) is 3.25. The van der Waals surface area contributed by atoms with E-state index in [4.69, 9.17) is 5.11 Å². The predicted octanol–water partition coefficient (Wildman–Crippen LogP) is 0.602. The highest BCUT2D eigenvalue weighted by molar-refractivity contribution is 5.73. The quantitative estimate of drug-likeness (QED) is 0.762. The normalized spacial score (nSPS) is 36.5. The van der Waals surface area contributed by atoms with Crippen molar-refractivity contribution in [2.45, 2.75) is 18.9 Å². The van der Waals surface area contributed by atoms with E-state index >= 15 is 0 Å². The van der Waals surface area contributed by atoms with Crippen molar-refractivity contribution in [3.05, 3.63) is 24.3 Å². The lowest BCUT2D eigenvalue weighted by molar-refractivity contribution is -0.165. The Morgan fingerprint density at radius 3 is 2.94 bits per heavy atom. The molecule has 0 bridgehead atoms. The van der Waals surface area contributed by atoms with Crippen molar-refractivity contribution in [1.82, 2.24) is 15.3 Å². The lowest BCUT2D eigenvalue weighted by Gasteiger charge is -2.59. The average molecular weight is 219 g/mol. The Labute approximate surface area is 92.9 Å². The molecular formula is C11H13N3O2. The zero-order valence-corrected chi connectivity index (χ0v) is 8.76. The van der Waals surface area contributed by atoms with Crippen molar-refractivity contribution < 1.29 is 9.90 Å². The largest absolute Gasteiger partial charge is 0.481 e. The standard InChI is InChI=1S/C11H13N3O2/c15-10(16)7-1-3-11(7)5-13-9(11)8-2-4-12-6-14-8/h2,4,6-7,9,13H,1,3,5H2,(H,15,16). The molecule has 1 aliphatic carbocycles. The minimum Gasteiger partial charge on any atom is -0.481 e. The number of rotatable bonds is 2. The number of carboxylic acid groups (broad SMARTS) is 1. The number of aliphatic carboxylic acids is 1. The molecule has 2 N–H and O–H groups in total. The van der Waals surface area contributed by atoms with Crippen LogP contribution in [0.3, 0.4) is 0 Å². The molecule has 1 aromatic rings. The van der Waals surface area contributed by atoms with Gasteiger partial charge >= 0.3 is 5.97 Å². The number of carbonyl (C=O) groups is 1. The Balaban J connectivity index is 1.87. The van der Waals surface area contributed by atoms with Gasteiger partial charge in [-0.1, -0.05) is 0 Å². The van der Waals surface area contributed by atoms with Crippen LogP contribution in [-0.4, -0.2) is 27.6 Å². The van der Waals surface area contributed by atoms with Gasteiger partial charge in [0.2, 0.25) is 0 Å². The summed E-state index contributed by atoms with van der Waals surface area (Å²) in [6, 6.07) is 1.95. The highest BCUT2D eigenvalue weighted by atomic mass is 16.4. The van der Waals surface area contributed by atoms with Crippen LogP contribution in [0, 0.1) is 11.3 Å². The summed E-state index contributed by atoms with van der Waals surface area (Å²) in [7, 11) is 0. The number of nitrogens with zero attached hydrogens (tertiary/aromatic N) is 2. The fraction of sp³-hybridized carbons (Fsp3) is 0.545. The first-order valence-corrected chi connectivity index (χ1v) is 5.46. The van der Waals surface area contributed by atoms with Crippen molar-refractivity contribution in [1.29, 1.82) is 0 Å². The van der Waals surface area contributed by atoms with Crippen LogP contribution in [-0.2, 0) is 4.79 Å². The Morgan fingerprint density at radius 1 is 1.62 bits per heavy atom. The Hall–Kier alpha value is -1.49. The van der Waals surface area contributed by atoms with Crippen molar-refractivity contribution in [2.75, 3.05) is 6.54 Å². The van der Waals surface area contributed by atoms with Crippen LogP contribution in [0.2, 0.25) is 0 Å². The van der Waals surface area contributed by atoms with Gasteiger partial charge < -0.3 is 10.4 Å². The second-order valence-electron chi connectivity index (χ2n) is 4.61. The van der Waals surface area contributed by atoms with Crippen LogP contribution >= 0.6 is 0 Å². The van der Waals surface area contributed by atoms with Gasteiger partial charge in [0.05, 0.1) is 17.7 Å². The molecule has 2 aliphatic rings. The average Bonchev–Trinajstić information content (AvgIpc) is 2.15. The van der Waals surface area contributed by atoms with E-state index in [0.29, 0.717) is 0 Å². The Bertz CT molecular complexity index is 418. The van der Waals surface area contributed by atoms with Gasteiger partial charge in [0.1, 0.15) is 6.33 Å². The monoisotopic (exact) mass is 219 g/mol. The molecule has 3 atom stereocenters. The molecule has 3 unspecified atom stereocenters. The summed E-state index contributed by atoms with van der Waals surface area (Å²) in [4.78, 5) is 19.2. The van der Waals surface area contributed by atoms with E-state index in [1.54, 1.807) is 6.20 Å². The molecule has 84 valence electrons. The van der Waals surface area contributed by atoms with E-state index in [9.17, 15) is 4.79 Å². The van der Waals surface area contributed by atoms with E-state index in [2.05, 4.69) is 15.3 Å². The van der Waals surface area contributed by atoms with E-state index in [-0.39, 0.29) is 17.4 Å². The minimum atomic E-state index is -0.674. The summed E-state index contributed by atoms with van der Waals surface area (Å²) in [5.74, 6) is -0.888. The molecule has 1 aromatic heterocycles. The third kappa shape index (κ3) is 1.12. The first-order valence-electron chi connectivity index (χ1n) is 5.46. The molecule has 2 heterocycles. The van der Waals surface area contributed by atoms with Gasteiger partial charge in [0.25, 0.3) is 0 Å². The smallest absolute Gasteiger partial charge is 0.307 e. The summed E-state index contributed by atoms with van der Waals surface area (Å²) < 4.78 is 0. The van der Waals surface area contributed by atoms with Crippen molar-refractivity contribution >= 4 is 5.97 Å². The number of nitrogens with one attached hydrogen (secondary N) is 1. The first-order chi connectivity index (χ1) is 7.74. The molecule has 0 radical (unpaired) electrons. The maximum Gasteiger partial charge on any atom is 0.307 e. The first kappa shape index (κ1) is 9.72. The van der Waals surface area contributed by atoms with Gasteiger partial charge in [-0.15, -0.1) is 0 Å². The Kier molecular flexibility index (Phi) is 1.97. The molecule has 5 nitrogen and oxygen atoms in total. The number of aromatic nitrogens is 2. The second-order valence-corrected chi connectivity index (χ2v) is 4.61. The van der Waals surface area contributed by atoms with Gasteiger partial charge in [0.15, 0.2) is 0 Å². The molecule has 1 aliphatic heterocycles. The molecule has 16 heavy (non-hydrogen) atoms. The van der Waals surface area contributed by atoms with Crippen LogP contribution in [0.1, 0.15) is 24.6 Å². The van der Waals surface area contributed by atoms with Crippen molar-refractivity contribution in [2.24, 2.45) is 11.3 Å². The predicted molar refractivity (Wildman–Crippen MR) is 55.6 cm³/mol. The molecule has 5 heteroatoms. The molecule has 2 fully saturated rings. The van der Waals surface area contributed by atoms with Gasteiger partial charge in [-0.2, -0.15) is 0 Å². The van der Waals surface area contributed by atoms with E-state index in [1.807, 2.05) is 6.07 Å². The highest BCUT2D eigenvalue weighted by Gasteiger charge is 2.61. The molecule has 0 amide bonds. The number of hydrogen-bond donors (Lipinski definition) is 2. The van der Waals surface area contributed by atoms with Crippen LogP contribution in [0.15, 0.2) is 18.6 Å². The maximum absolute atomic E-state index is 11.1. The highest BCUT2D eigenvalue weighted by Crippen LogP contribution is 2.58. The van der Waals surface area contributed by atoms with E-state index in [0.717, 1.165) is 25.1 Å². The van der Waals surface area contributed by atoms with Crippen molar-refractivity contribution in [3.63, 3.8) is 0 Å². The molecule has 1 spiro atoms. The summed E-state index contributed by atoms with van der Waals surface area (Å²) in [6.07, 6.45) is 4.98. The molecule has 3 rings (SSSR count). The lowest BCUT2D eigenvalue weighted by Crippen LogP contribution is -2.66. The minimum absolute atomic E-state index is 0.0883. The molecule has 1 saturated carbocycles. The van der Waals surface area contributed by atoms with Crippen LogP contribution in [0.25, 0.3) is 0 Å². The third-order valence-corrected chi connectivity index (χ3v) is 4.00. The van der Waals surface area contributed by atoms with Gasteiger partial charge in [-0.25, -0.2) is 9.97 Å². The SMILES string of the molecule is O=C(O)C1CCC12CNC2c1ccncn1. The summed E-state index contributed by atoms with van der Waals surface area (Å²) in [5, 5.41) is 12.4. The third-order valence-electron chi connectivity index (χ3n) is 4.00. The van der Waals surface area contributed by atoms with Gasteiger partial charge in [0, 0.05) is 18.2 Å². The van der Waals surface area contributed by atoms with Crippen LogP contribution in [0.4, 0.5) is 0 Å². The van der Waals surface area contributed by atoms with E-state index in [1.165, 1.54) is 6.33 Å². The topological polar surface area (TPSA) is 75.1 Å². The van der Waals surface area contributed by atoms with Crippen LogP contribution < -0.4 is 5.32 Å². The molecule has 1 saturated heterocycles. The zero-order chi connectivity index (χ0) is 11.2. The zero-order valence-electron chi connectivity index (χ0n) is 8.76. The number of hydrogen-bond acceptors (Lipinski definition) is 4. The summed E-state index contributed by atoms with van der Waals surface area (Å²) in [6.45, 7) is 0.790. The van der Waals surface area contributed by atoms with Crippen molar-refractivity contribution in [3.8, 4) is 0 Å².